The number of nitrogens with two attached hydrogens (primary N) is 1. The highest BCUT2D eigenvalue weighted by Gasteiger charge is 2.35. The van der Waals surface area contributed by atoms with Crippen LogP contribution in [0.5, 0.6) is 5.75 Å². The maximum Gasteiger partial charge on any atom is 0.235 e. The van der Waals surface area contributed by atoms with Crippen molar-refractivity contribution >= 4 is 11.7 Å². The van der Waals surface area contributed by atoms with Crippen LogP contribution in [0.25, 0.3) is 0 Å². The number of amides is 1. The Hall–Kier alpha value is -2.24. The molecule has 0 aliphatic heterocycles. The molecule has 0 fully saturated rings. The minimum atomic E-state index is -1.06. The average molecular weight is 279 g/mol. The number of rotatable bonds is 5. The number of amidine groups is 1. The molecule has 1 aromatic carbocycles. The van der Waals surface area contributed by atoms with Crippen molar-refractivity contribution in [2.75, 3.05) is 14.2 Å². The van der Waals surface area contributed by atoms with Crippen molar-refractivity contribution in [2.24, 2.45) is 16.3 Å². The summed E-state index contributed by atoms with van der Waals surface area (Å²) in [6.07, 6.45) is 0. The zero-order chi connectivity index (χ0) is 15.3. The third-order valence-corrected chi connectivity index (χ3v) is 3.23. The van der Waals surface area contributed by atoms with Gasteiger partial charge >= 0.3 is 0 Å². The monoisotopic (exact) mass is 279 g/mol. The van der Waals surface area contributed by atoms with Crippen LogP contribution in [0.1, 0.15) is 19.4 Å². The molecule has 110 valence electrons. The van der Waals surface area contributed by atoms with Gasteiger partial charge in [-0.3, -0.25) is 4.79 Å². The van der Waals surface area contributed by atoms with Gasteiger partial charge in [0.25, 0.3) is 0 Å². The number of methoxy groups -OCH3 is 1. The van der Waals surface area contributed by atoms with Crippen LogP contribution in [0, 0.1) is 5.41 Å². The average Bonchev–Trinajstić information content (AvgIpc) is 2.45. The molecule has 0 heterocycles. The number of carbonyl (C=O) groups excluding carboxylic acids is 1. The molecule has 20 heavy (non-hydrogen) atoms. The molecule has 3 N–H and O–H groups in total. The summed E-state index contributed by atoms with van der Waals surface area (Å²) in [5.74, 6) is 0.363. The first kappa shape index (κ1) is 15.8. The van der Waals surface area contributed by atoms with Gasteiger partial charge in [-0.15, -0.1) is 0 Å². The van der Waals surface area contributed by atoms with Crippen LogP contribution in [-0.4, -0.2) is 36.0 Å². The van der Waals surface area contributed by atoms with Crippen molar-refractivity contribution in [3.05, 3.63) is 29.8 Å². The van der Waals surface area contributed by atoms with Crippen LogP contribution in [0.15, 0.2) is 29.4 Å². The van der Waals surface area contributed by atoms with Gasteiger partial charge < -0.3 is 20.6 Å². The Balaban J connectivity index is 2.91. The summed E-state index contributed by atoms with van der Waals surface area (Å²) in [7, 11) is 3.25. The first-order chi connectivity index (χ1) is 9.34. The molecule has 0 saturated carbocycles. The summed E-state index contributed by atoms with van der Waals surface area (Å²) in [6, 6.07) is 7.47. The molecule has 1 amide bonds. The quantitative estimate of drug-likeness (QED) is 0.369. The first-order valence-electron chi connectivity index (χ1n) is 6.20. The van der Waals surface area contributed by atoms with E-state index >= 15 is 0 Å². The van der Waals surface area contributed by atoms with E-state index in [0.29, 0.717) is 12.3 Å². The number of hydrogen-bond donors (Lipinski definition) is 2. The van der Waals surface area contributed by atoms with Gasteiger partial charge in [-0.25, -0.2) is 0 Å². The summed E-state index contributed by atoms with van der Waals surface area (Å²) >= 11 is 0. The van der Waals surface area contributed by atoms with Crippen molar-refractivity contribution in [2.45, 2.75) is 20.4 Å². The molecule has 0 saturated heterocycles. The van der Waals surface area contributed by atoms with Gasteiger partial charge in [0.2, 0.25) is 5.91 Å². The van der Waals surface area contributed by atoms with Gasteiger partial charge in [-0.2, -0.15) is 0 Å². The largest absolute Gasteiger partial charge is 0.496 e. The molecule has 0 radical (unpaired) electrons. The number of hydrogen-bond acceptors (Lipinski definition) is 4. The summed E-state index contributed by atoms with van der Waals surface area (Å²) in [4.78, 5) is 13.9. The Morgan fingerprint density at radius 2 is 2.05 bits per heavy atom. The van der Waals surface area contributed by atoms with Crippen LogP contribution < -0.4 is 10.5 Å². The molecule has 6 heteroatoms. The summed E-state index contributed by atoms with van der Waals surface area (Å²) in [5, 5.41) is 11.7. The van der Waals surface area contributed by atoms with Crippen LogP contribution in [0.2, 0.25) is 0 Å². The Kier molecular flexibility index (Phi) is 4.96. The van der Waals surface area contributed by atoms with Crippen LogP contribution >= 0.6 is 0 Å². The van der Waals surface area contributed by atoms with Gasteiger partial charge in [0.15, 0.2) is 5.84 Å². The zero-order valence-corrected chi connectivity index (χ0v) is 12.3. The molecular formula is C14H21N3O3. The van der Waals surface area contributed by atoms with Crippen molar-refractivity contribution in [3.8, 4) is 5.75 Å². The number of benzene rings is 1. The number of para-hydroxylation sites is 1. The smallest absolute Gasteiger partial charge is 0.235 e. The van der Waals surface area contributed by atoms with Gasteiger partial charge in [-0.1, -0.05) is 23.4 Å². The number of oxime groups is 1. The second-order valence-corrected chi connectivity index (χ2v) is 5.08. The van der Waals surface area contributed by atoms with E-state index in [1.54, 1.807) is 28.0 Å². The lowest BCUT2D eigenvalue weighted by Crippen LogP contribution is -2.46. The summed E-state index contributed by atoms with van der Waals surface area (Å²) < 4.78 is 5.25. The third kappa shape index (κ3) is 3.20. The third-order valence-electron chi connectivity index (χ3n) is 3.23. The molecule has 1 aromatic rings. The number of nitrogens with zero attached hydrogens (tertiary/aromatic N) is 2. The fraction of sp³-hybridized carbons (Fsp3) is 0.429. The van der Waals surface area contributed by atoms with Gasteiger partial charge in [0.05, 0.1) is 7.11 Å². The molecule has 1 rings (SSSR count). The van der Waals surface area contributed by atoms with E-state index in [1.165, 1.54) is 4.90 Å². The van der Waals surface area contributed by atoms with Crippen molar-refractivity contribution in [1.29, 1.82) is 0 Å². The van der Waals surface area contributed by atoms with E-state index in [4.69, 9.17) is 15.7 Å². The number of carbonyl (C=O) groups is 1. The predicted molar refractivity (Wildman–Crippen MR) is 76.7 cm³/mol. The van der Waals surface area contributed by atoms with E-state index in [1.807, 2.05) is 24.3 Å². The molecule has 0 aliphatic carbocycles. The molecule has 0 bridgehead atoms. The normalized spacial score (nSPS) is 12.1. The van der Waals surface area contributed by atoms with Crippen molar-refractivity contribution < 1.29 is 14.7 Å². The molecule has 0 atom stereocenters. The molecule has 0 unspecified atom stereocenters. The fourth-order valence-corrected chi connectivity index (χ4v) is 1.87. The molecule has 0 aliphatic rings. The van der Waals surface area contributed by atoms with E-state index in [9.17, 15) is 4.79 Å². The zero-order valence-electron chi connectivity index (χ0n) is 12.3. The van der Waals surface area contributed by atoms with Gasteiger partial charge in [-0.05, 0) is 19.9 Å². The van der Waals surface area contributed by atoms with Crippen LogP contribution in [0.4, 0.5) is 0 Å². The molecule has 0 spiro atoms. The second-order valence-electron chi connectivity index (χ2n) is 5.08. The second kappa shape index (κ2) is 6.27. The minimum absolute atomic E-state index is 0.116. The summed E-state index contributed by atoms with van der Waals surface area (Å²) in [6.45, 7) is 3.61. The topological polar surface area (TPSA) is 88.2 Å². The van der Waals surface area contributed by atoms with Crippen LogP contribution in [-0.2, 0) is 11.3 Å². The lowest BCUT2D eigenvalue weighted by molar-refractivity contribution is -0.136. The van der Waals surface area contributed by atoms with E-state index < -0.39 is 5.41 Å². The highest BCUT2D eigenvalue weighted by molar-refractivity contribution is 6.05. The Labute approximate surface area is 118 Å². The Morgan fingerprint density at radius 3 is 2.60 bits per heavy atom. The Morgan fingerprint density at radius 1 is 1.45 bits per heavy atom. The maximum absolute atomic E-state index is 12.4. The maximum atomic E-state index is 12.4. The highest BCUT2D eigenvalue weighted by atomic mass is 16.5. The van der Waals surface area contributed by atoms with Crippen LogP contribution in [0.3, 0.4) is 0 Å². The minimum Gasteiger partial charge on any atom is -0.496 e. The Bertz CT molecular complexity index is 512. The van der Waals surface area contributed by atoms with Gasteiger partial charge in [0.1, 0.15) is 11.2 Å². The van der Waals surface area contributed by atoms with E-state index in [0.717, 1.165) is 5.56 Å². The summed E-state index contributed by atoms with van der Waals surface area (Å²) in [5.41, 5.74) is 5.39. The number of ether oxygens (including phenoxy) is 1. The van der Waals surface area contributed by atoms with Crippen molar-refractivity contribution in [1.82, 2.24) is 4.90 Å². The van der Waals surface area contributed by atoms with Gasteiger partial charge in [0, 0.05) is 19.2 Å². The van der Waals surface area contributed by atoms with Crippen molar-refractivity contribution in [3.63, 3.8) is 0 Å². The first-order valence-corrected chi connectivity index (χ1v) is 6.20. The highest BCUT2D eigenvalue weighted by Crippen LogP contribution is 2.23. The molecular weight excluding hydrogens is 258 g/mol. The predicted octanol–water partition coefficient (Wildman–Crippen LogP) is 1.43. The standard InChI is InChI=1S/C14H21N3O3/c1-14(2,12(15)16-19)13(18)17(3)9-10-7-5-6-8-11(10)20-4/h5-8,19H,9H2,1-4H3,(H2,15,16). The SMILES string of the molecule is COc1ccccc1CN(C)C(=O)C(C)(C)C(N)=NO. The lowest BCUT2D eigenvalue weighted by atomic mass is 9.90. The lowest BCUT2D eigenvalue weighted by Gasteiger charge is -2.28. The van der Waals surface area contributed by atoms with E-state index in [2.05, 4.69) is 5.16 Å². The molecule has 0 aromatic heterocycles. The molecule has 6 nitrogen and oxygen atoms in total. The van der Waals surface area contributed by atoms with E-state index in [-0.39, 0.29) is 11.7 Å². The fourth-order valence-electron chi connectivity index (χ4n) is 1.87.